The zero-order chi connectivity index (χ0) is 29.7. The summed E-state index contributed by atoms with van der Waals surface area (Å²) in [4.78, 5) is 31.0. The quantitative estimate of drug-likeness (QED) is 0.188. The molecule has 0 radical (unpaired) electrons. The van der Waals surface area contributed by atoms with Crippen LogP contribution in [-0.4, -0.2) is 86.3 Å². The summed E-state index contributed by atoms with van der Waals surface area (Å²) in [5, 5.41) is 0. The van der Waals surface area contributed by atoms with Gasteiger partial charge in [0.25, 0.3) is 0 Å². The Bertz CT molecular complexity index is 773. The van der Waals surface area contributed by atoms with Crippen LogP contribution in [0.25, 0.3) is 0 Å². The molecule has 0 aliphatic heterocycles. The van der Waals surface area contributed by atoms with Crippen LogP contribution in [0.4, 0.5) is 79.0 Å². The van der Waals surface area contributed by atoms with E-state index in [0.717, 1.165) is 0 Å². The molecule has 0 atom stereocenters. The van der Waals surface area contributed by atoms with Crippen molar-refractivity contribution in [2.24, 2.45) is 0 Å². The van der Waals surface area contributed by atoms with Crippen LogP contribution in [0.1, 0.15) is 0 Å². The second-order valence-electron chi connectivity index (χ2n) is 5.50. The third kappa shape index (κ3) is 7.59. The Morgan fingerprint density at radius 2 is 0.528 bits per heavy atom. The molecule has 36 heavy (non-hydrogen) atoms. The summed E-state index contributed by atoms with van der Waals surface area (Å²) in [6, 6.07) is 0. The molecule has 7 nitrogen and oxygen atoms in total. The molecule has 0 aromatic heterocycles. The Hall–Kier alpha value is -0.403. The monoisotopic (exact) mass is 624 g/mol. The Kier molecular flexibility index (Phi) is 11.8. The van der Waals surface area contributed by atoms with Crippen molar-refractivity contribution in [2.75, 3.05) is 0 Å². The van der Waals surface area contributed by atoms with Gasteiger partial charge in [-0.1, -0.05) is 0 Å². The average Bonchev–Trinajstić information content (AvgIpc) is 2.48. The van der Waals surface area contributed by atoms with Crippen LogP contribution in [0, 0.1) is 0 Å². The van der Waals surface area contributed by atoms with Crippen LogP contribution in [0.3, 0.4) is 0 Å². The van der Waals surface area contributed by atoms with Crippen molar-refractivity contribution in [1.82, 2.24) is 0 Å². The summed E-state index contributed by atoms with van der Waals surface area (Å²) in [6.45, 7) is 0. The van der Waals surface area contributed by atoms with Crippen LogP contribution >= 0.6 is 15.6 Å². The van der Waals surface area contributed by atoms with E-state index in [-0.39, 0.29) is 18.9 Å². The van der Waals surface area contributed by atoms with E-state index in [2.05, 4.69) is 4.31 Å². The van der Waals surface area contributed by atoms with E-state index in [0.29, 0.717) is 0 Å². The van der Waals surface area contributed by atoms with Crippen molar-refractivity contribution in [2.45, 2.75) is 47.9 Å². The zero-order valence-electron chi connectivity index (χ0n) is 14.7. The van der Waals surface area contributed by atoms with Gasteiger partial charge in [-0.2, -0.15) is 83.3 Å². The van der Waals surface area contributed by atoms with Crippen LogP contribution < -0.4 is 0 Å². The maximum absolute atomic E-state index is 12.8. The molecule has 0 saturated heterocycles. The van der Waals surface area contributed by atoms with Gasteiger partial charge in [0.15, 0.2) is 0 Å². The summed E-state index contributed by atoms with van der Waals surface area (Å²) in [7, 11) is -10.1. The van der Waals surface area contributed by atoms with Gasteiger partial charge in [-0.3, -0.25) is 0 Å². The molecule has 0 fully saturated rings. The van der Waals surface area contributed by atoms with Gasteiger partial charge in [0.05, 0.1) is 0 Å². The van der Waals surface area contributed by atoms with Crippen molar-refractivity contribution < 1.29 is 112 Å². The first kappa shape index (κ1) is 40.1. The summed E-state index contributed by atoms with van der Waals surface area (Å²) in [5.41, 5.74) is 0. The molecule has 0 rings (SSSR count). The fourth-order valence-corrected chi connectivity index (χ4v) is 2.39. The SMILES string of the molecule is FC(F)(F)C(F)(F)C(F)(F)C(F)(F)C(F)(F)C(F)(F)C(F)(F)C(F)(F)F.O=P(O)(O)OP(=O)(O)O.[LiH]. The van der Waals surface area contributed by atoms with Gasteiger partial charge >= 0.3 is 82.4 Å². The predicted octanol–water partition coefficient (Wildman–Crippen LogP) is 4.46. The summed E-state index contributed by atoms with van der Waals surface area (Å²) >= 11 is 0. The molecule has 0 aliphatic carbocycles. The zero-order valence-corrected chi connectivity index (χ0v) is 16.5. The predicted molar refractivity (Wildman–Crippen MR) is 74.1 cm³/mol. The molecule has 4 N–H and O–H groups in total. The fraction of sp³-hybridized carbons (Fsp3) is 1.00. The first-order valence-corrected chi connectivity index (χ1v) is 9.74. The number of phosphoric acid groups is 2. The van der Waals surface area contributed by atoms with Crippen LogP contribution in [-0.2, 0) is 13.4 Å². The number of rotatable bonds is 7. The molecule has 0 spiro atoms. The van der Waals surface area contributed by atoms with E-state index in [9.17, 15) is 88.2 Å². The molecule has 0 aliphatic rings. The number of halogens is 18. The minimum atomic E-state index is -8.72. The standard InChI is InChI=1S/C8F18.Li.H4O7P2.H/c9-1(10,3(13,14)5(17,18)7(21,22)23)2(11,12)4(15,16)6(19,20)8(24,25)26;;1-8(2,3)7-9(4,5)6;/h;;(H2,1,2,3)(H2,4,5,6);. The molecule has 28 heteroatoms. The Labute approximate surface area is 195 Å². The Morgan fingerprint density at radius 3 is 0.611 bits per heavy atom. The van der Waals surface area contributed by atoms with Gasteiger partial charge < -0.3 is 19.6 Å². The van der Waals surface area contributed by atoms with Gasteiger partial charge in [0.2, 0.25) is 0 Å². The maximum atomic E-state index is 12.8. The Morgan fingerprint density at radius 1 is 0.389 bits per heavy atom. The second kappa shape index (κ2) is 10.6. The molecule has 216 valence electrons. The van der Waals surface area contributed by atoms with Crippen molar-refractivity contribution in [3.8, 4) is 0 Å². The van der Waals surface area contributed by atoms with E-state index in [1.165, 1.54) is 0 Å². The minimum absolute atomic E-state index is 0. The third-order valence-corrected chi connectivity index (χ3v) is 4.60. The summed E-state index contributed by atoms with van der Waals surface area (Å²) in [5.74, 6) is -51.0. The number of hydrogen-bond acceptors (Lipinski definition) is 3. The molecule has 0 amide bonds. The van der Waals surface area contributed by atoms with Crippen molar-refractivity contribution in [3.63, 3.8) is 0 Å². The normalized spacial score (nSPS) is 15.6. The molecular weight excluding hydrogens is 619 g/mol. The van der Waals surface area contributed by atoms with E-state index >= 15 is 0 Å². The van der Waals surface area contributed by atoms with Gasteiger partial charge in [0.1, 0.15) is 0 Å². The molecule has 0 bridgehead atoms. The van der Waals surface area contributed by atoms with Crippen molar-refractivity contribution >= 4 is 34.5 Å². The van der Waals surface area contributed by atoms with Gasteiger partial charge in [-0.25, -0.2) is 9.13 Å². The van der Waals surface area contributed by atoms with Gasteiger partial charge in [-0.05, 0) is 0 Å². The van der Waals surface area contributed by atoms with Gasteiger partial charge in [-0.15, -0.1) is 0 Å². The molecule has 0 saturated carbocycles. The second-order valence-corrected chi connectivity index (χ2v) is 8.12. The fourth-order valence-electron chi connectivity index (χ4n) is 1.28. The van der Waals surface area contributed by atoms with Crippen LogP contribution in [0.2, 0.25) is 0 Å². The van der Waals surface area contributed by atoms with Crippen LogP contribution in [0.15, 0.2) is 0 Å². The van der Waals surface area contributed by atoms with Crippen molar-refractivity contribution in [1.29, 1.82) is 0 Å². The van der Waals surface area contributed by atoms with E-state index in [4.69, 9.17) is 19.6 Å². The van der Waals surface area contributed by atoms with E-state index in [1.807, 2.05) is 0 Å². The summed E-state index contributed by atoms with van der Waals surface area (Å²) in [6.07, 6.45) is -15.6. The summed E-state index contributed by atoms with van der Waals surface area (Å²) < 4.78 is 243. The van der Waals surface area contributed by atoms with Crippen molar-refractivity contribution in [3.05, 3.63) is 0 Å². The molecular formula is C8H5F18LiO7P2. The molecule has 0 aromatic carbocycles. The van der Waals surface area contributed by atoms with Crippen LogP contribution in [0.5, 0.6) is 0 Å². The molecule has 0 unspecified atom stereocenters. The topological polar surface area (TPSA) is 124 Å². The first-order chi connectivity index (χ1) is 14.5. The van der Waals surface area contributed by atoms with E-state index in [1.54, 1.807) is 0 Å². The Balaban J connectivity index is -0.000000923. The third-order valence-electron chi connectivity index (χ3n) is 2.90. The van der Waals surface area contributed by atoms with Gasteiger partial charge in [0, 0.05) is 0 Å². The average molecular weight is 624 g/mol. The number of hydrogen-bond donors (Lipinski definition) is 4. The van der Waals surface area contributed by atoms with E-state index < -0.39 is 63.5 Å². The molecule has 0 heterocycles. The number of alkyl halides is 18. The molecule has 0 aromatic rings. The first-order valence-electron chi connectivity index (χ1n) is 6.68.